The quantitative estimate of drug-likeness (QED) is 0.551. The van der Waals surface area contributed by atoms with E-state index in [0.717, 1.165) is 6.42 Å². The predicted octanol–water partition coefficient (Wildman–Crippen LogP) is 2.26. The van der Waals surface area contributed by atoms with E-state index in [1.165, 1.54) is 6.07 Å². The van der Waals surface area contributed by atoms with Crippen molar-refractivity contribution < 1.29 is 19.8 Å². The number of rotatable bonds is 8. The second kappa shape index (κ2) is 8.26. The molecule has 1 atom stereocenters. The first-order valence-corrected chi connectivity index (χ1v) is 7.02. The molecule has 0 fully saturated rings. The first-order valence-electron chi connectivity index (χ1n) is 7.02. The highest BCUT2D eigenvalue weighted by molar-refractivity contribution is 5.90. The normalized spacial score (nSPS) is 11.9. The van der Waals surface area contributed by atoms with E-state index in [2.05, 4.69) is 10.6 Å². The molecule has 1 aromatic rings. The average Bonchev–Trinajstić information content (AvgIpc) is 2.40. The fraction of sp³-hybridized carbons (Fsp3) is 0.467. The Labute approximate surface area is 124 Å². The van der Waals surface area contributed by atoms with Gasteiger partial charge < -0.3 is 20.8 Å². The van der Waals surface area contributed by atoms with Crippen LogP contribution in [0.5, 0.6) is 5.75 Å². The number of carboxylic acid groups (broad SMARTS) is 1. The summed E-state index contributed by atoms with van der Waals surface area (Å²) in [6.07, 6.45) is 1.23. The summed E-state index contributed by atoms with van der Waals surface area (Å²) in [4.78, 5) is 22.1. The van der Waals surface area contributed by atoms with E-state index >= 15 is 0 Å². The van der Waals surface area contributed by atoms with Crippen molar-refractivity contribution in [3.63, 3.8) is 0 Å². The Morgan fingerprint density at radius 1 is 1.29 bits per heavy atom. The van der Waals surface area contributed by atoms with E-state index < -0.39 is 5.97 Å². The molecule has 0 saturated carbocycles. The van der Waals surface area contributed by atoms with Crippen LogP contribution in [0.15, 0.2) is 18.2 Å². The Morgan fingerprint density at radius 3 is 2.62 bits per heavy atom. The molecule has 0 aliphatic rings. The molecule has 0 aliphatic heterocycles. The van der Waals surface area contributed by atoms with Crippen LogP contribution in [0, 0.1) is 0 Å². The number of benzene rings is 1. The van der Waals surface area contributed by atoms with E-state index in [4.69, 9.17) is 5.11 Å². The summed E-state index contributed by atoms with van der Waals surface area (Å²) in [6.45, 7) is 4.06. The van der Waals surface area contributed by atoms with Crippen molar-refractivity contribution in [2.45, 2.75) is 39.2 Å². The van der Waals surface area contributed by atoms with Crippen LogP contribution < -0.4 is 10.6 Å². The van der Waals surface area contributed by atoms with Gasteiger partial charge in [0, 0.05) is 30.3 Å². The van der Waals surface area contributed by atoms with E-state index in [1.807, 2.05) is 13.8 Å². The van der Waals surface area contributed by atoms with Crippen molar-refractivity contribution in [2.75, 3.05) is 11.9 Å². The second-order valence-corrected chi connectivity index (χ2v) is 4.89. The van der Waals surface area contributed by atoms with Gasteiger partial charge in [-0.2, -0.15) is 0 Å². The van der Waals surface area contributed by atoms with Crippen molar-refractivity contribution in [1.82, 2.24) is 5.32 Å². The number of aromatic hydroxyl groups is 1. The Hall–Kier alpha value is -2.08. The zero-order valence-corrected chi connectivity index (χ0v) is 12.3. The van der Waals surface area contributed by atoms with E-state index in [1.54, 1.807) is 12.1 Å². The lowest BCUT2D eigenvalue weighted by Crippen LogP contribution is -2.22. The van der Waals surface area contributed by atoms with E-state index in [9.17, 15) is 14.7 Å². The first kappa shape index (κ1) is 17.0. The van der Waals surface area contributed by atoms with Crippen molar-refractivity contribution in [3.8, 4) is 5.75 Å². The number of carbonyl (C=O) groups is 2. The van der Waals surface area contributed by atoms with Gasteiger partial charge in [-0.15, -0.1) is 0 Å². The van der Waals surface area contributed by atoms with Gasteiger partial charge >= 0.3 is 5.97 Å². The topological polar surface area (TPSA) is 98.7 Å². The van der Waals surface area contributed by atoms with Crippen molar-refractivity contribution in [3.05, 3.63) is 23.8 Å². The third-order valence-corrected chi connectivity index (χ3v) is 3.04. The molecule has 6 heteroatoms. The fourth-order valence-electron chi connectivity index (χ4n) is 1.94. The monoisotopic (exact) mass is 294 g/mol. The number of hydrogen-bond acceptors (Lipinski definition) is 4. The minimum absolute atomic E-state index is 0.0119. The van der Waals surface area contributed by atoms with Gasteiger partial charge in [-0.25, -0.2) is 0 Å². The van der Waals surface area contributed by atoms with Crippen molar-refractivity contribution in [1.29, 1.82) is 0 Å². The molecule has 0 aliphatic carbocycles. The Balaban J connectivity index is 2.72. The minimum atomic E-state index is -0.875. The number of hydrogen-bond donors (Lipinski definition) is 4. The lowest BCUT2D eigenvalue weighted by molar-refractivity contribution is -0.136. The molecule has 116 valence electrons. The Kier molecular flexibility index (Phi) is 6.68. The standard InChI is InChI=1S/C15H22N2O4/c1-3-4-14(19)17-11-5-6-13(18)12(9-11)10(2)16-8-7-15(20)21/h5-6,9-10,16,18H,3-4,7-8H2,1-2H3,(H,17,19)(H,20,21). The number of anilines is 1. The van der Waals surface area contributed by atoms with Crippen molar-refractivity contribution in [2.24, 2.45) is 0 Å². The largest absolute Gasteiger partial charge is 0.508 e. The van der Waals surface area contributed by atoms with Crippen LogP contribution in [0.2, 0.25) is 0 Å². The maximum Gasteiger partial charge on any atom is 0.304 e. The van der Waals surface area contributed by atoms with Gasteiger partial charge in [0.1, 0.15) is 5.75 Å². The highest BCUT2D eigenvalue weighted by atomic mass is 16.4. The van der Waals surface area contributed by atoms with Gasteiger partial charge in [0.2, 0.25) is 5.91 Å². The third-order valence-electron chi connectivity index (χ3n) is 3.04. The molecule has 0 saturated heterocycles. The number of carboxylic acids is 1. The molecule has 1 rings (SSSR count). The van der Waals surface area contributed by atoms with Crippen LogP contribution in [0.4, 0.5) is 5.69 Å². The van der Waals surface area contributed by atoms with E-state index in [0.29, 0.717) is 24.2 Å². The number of aliphatic carboxylic acids is 1. The zero-order valence-electron chi connectivity index (χ0n) is 12.3. The second-order valence-electron chi connectivity index (χ2n) is 4.89. The number of phenolic OH excluding ortho intramolecular Hbond substituents is 1. The molecule has 0 bridgehead atoms. The molecule has 0 aromatic heterocycles. The molecular formula is C15H22N2O4. The van der Waals surface area contributed by atoms with Crippen LogP contribution in [0.1, 0.15) is 44.7 Å². The van der Waals surface area contributed by atoms with Crippen molar-refractivity contribution >= 4 is 17.6 Å². The molecule has 0 spiro atoms. The summed E-state index contributed by atoms with van der Waals surface area (Å²) in [7, 11) is 0. The molecule has 0 heterocycles. The van der Waals surface area contributed by atoms with Crippen LogP contribution >= 0.6 is 0 Å². The molecule has 1 unspecified atom stereocenters. The number of nitrogens with one attached hydrogen (secondary N) is 2. The number of carbonyl (C=O) groups excluding carboxylic acids is 1. The third kappa shape index (κ3) is 5.83. The lowest BCUT2D eigenvalue weighted by atomic mass is 10.1. The predicted molar refractivity (Wildman–Crippen MR) is 80.3 cm³/mol. The van der Waals surface area contributed by atoms with Gasteiger partial charge in [-0.05, 0) is 31.5 Å². The summed E-state index contributed by atoms with van der Waals surface area (Å²) in [5.41, 5.74) is 1.24. The van der Waals surface area contributed by atoms with Gasteiger partial charge in [0.25, 0.3) is 0 Å². The first-order chi connectivity index (χ1) is 9.93. The van der Waals surface area contributed by atoms with E-state index in [-0.39, 0.29) is 24.1 Å². The summed E-state index contributed by atoms with van der Waals surface area (Å²) in [5.74, 6) is -0.834. The van der Waals surface area contributed by atoms with Crippen LogP contribution in [0.3, 0.4) is 0 Å². The average molecular weight is 294 g/mol. The minimum Gasteiger partial charge on any atom is -0.508 e. The number of phenols is 1. The molecule has 1 aromatic carbocycles. The Bertz CT molecular complexity index is 502. The highest BCUT2D eigenvalue weighted by Crippen LogP contribution is 2.27. The van der Waals surface area contributed by atoms with Gasteiger partial charge in [0.05, 0.1) is 6.42 Å². The fourth-order valence-corrected chi connectivity index (χ4v) is 1.94. The number of amides is 1. The molecular weight excluding hydrogens is 272 g/mol. The highest BCUT2D eigenvalue weighted by Gasteiger charge is 2.12. The summed E-state index contributed by atoms with van der Waals surface area (Å²) in [5, 5.41) is 24.3. The molecule has 21 heavy (non-hydrogen) atoms. The zero-order chi connectivity index (χ0) is 15.8. The molecule has 4 N–H and O–H groups in total. The summed E-state index contributed by atoms with van der Waals surface area (Å²) in [6, 6.07) is 4.64. The maximum atomic E-state index is 11.6. The summed E-state index contributed by atoms with van der Waals surface area (Å²) < 4.78 is 0. The lowest BCUT2D eigenvalue weighted by Gasteiger charge is -2.16. The van der Waals surface area contributed by atoms with Crippen LogP contribution in [-0.4, -0.2) is 28.6 Å². The molecule has 6 nitrogen and oxygen atoms in total. The van der Waals surface area contributed by atoms with Gasteiger partial charge in [-0.3, -0.25) is 9.59 Å². The van der Waals surface area contributed by atoms with Gasteiger partial charge in [0.15, 0.2) is 0 Å². The molecule has 0 radical (unpaired) electrons. The van der Waals surface area contributed by atoms with Crippen LogP contribution in [0.25, 0.3) is 0 Å². The SMILES string of the molecule is CCCC(=O)Nc1ccc(O)c(C(C)NCCC(=O)O)c1. The van der Waals surface area contributed by atoms with Crippen LogP contribution in [-0.2, 0) is 9.59 Å². The molecule has 1 amide bonds. The maximum absolute atomic E-state index is 11.6. The smallest absolute Gasteiger partial charge is 0.304 e. The van der Waals surface area contributed by atoms with Gasteiger partial charge in [-0.1, -0.05) is 6.92 Å². The Morgan fingerprint density at radius 2 is 2.00 bits per heavy atom. The summed E-state index contributed by atoms with van der Waals surface area (Å²) >= 11 is 0.